The van der Waals surface area contributed by atoms with E-state index in [-0.39, 0.29) is 25.6 Å². The number of halogens is 1. The fourth-order valence-electron chi connectivity index (χ4n) is 5.49. The number of nitrogens with zero attached hydrogens (tertiary/aromatic N) is 2. The summed E-state index contributed by atoms with van der Waals surface area (Å²) in [6.45, 7) is 3.62. The number of hydrogen-bond donors (Lipinski definition) is 2. The fraction of sp³-hybridized carbons (Fsp3) is 0.278. The maximum absolute atomic E-state index is 13.7. The van der Waals surface area contributed by atoms with E-state index in [9.17, 15) is 14.4 Å². The highest BCUT2D eigenvalue weighted by Crippen LogP contribution is 2.27. The van der Waals surface area contributed by atoms with Crippen LogP contribution in [0.3, 0.4) is 0 Å². The van der Waals surface area contributed by atoms with E-state index in [1.165, 1.54) is 0 Å². The first-order valence-electron chi connectivity index (χ1n) is 15.5. The molecule has 3 aromatic carbocycles. The molecule has 0 radical (unpaired) electrons. The topological polar surface area (TPSA) is 101 Å². The number of carbonyl (C=O) groups is 3. The number of nitrogens with one attached hydrogen (secondary N) is 2. The van der Waals surface area contributed by atoms with Gasteiger partial charge in [-0.3, -0.25) is 4.79 Å². The van der Waals surface area contributed by atoms with E-state index < -0.39 is 24.2 Å². The minimum absolute atomic E-state index is 0.0136. The van der Waals surface area contributed by atoms with Crippen molar-refractivity contribution in [2.75, 3.05) is 31.1 Å². The standard InChI is InChI=1S/C36H37BrN4O5/c1-2-19-40-24-28(22-29(37)25-40)34(42)41(30-14-7-4-8-15-30)20-21-45-36(44)39-23-32(27-12-5-3-6-13-27)46-35(43)33-31-16-10-9-11-26(31)17-18-38-33/h3-16,22,24-25,32-33,38H,2,17-21,23H2,1H3/p+1. The van der Waals surface area contributed by atoms with Crippen LogP contribution in [0.25, 0.3) is 0 Å². The first-order chi connectivity index (χ1) is 22.4. The number of benzene rings is 3. The van der Waals surface area contributed by atoms with E-state index in [0.29, 0.717) is 17.8 Å². The lowest BCUT2D eigenvalue weighted by Crippen LogP contribution is -2.39. The van der Waals surface area contributed by atoms with Gasteiger partial charge in [-0.2, -0.15) is 0 Å². The number of aryl methyl sites for hydroxylation is 1. The fourth-order valence-corrected chi connectivity index (χ4v) is 6.00. The zero-order chi connectivity index (χ0) is 32.3. The minimum atomic E-state index is -0.731. The molecule has 46 heavy (non-hydrogen) atoms. The maximum Gasteiger partial charge on any atom is 0.407 e. The van der Waals surface area contributed by atoms with E-state index in [0.717, 1.165) is 40.5 Å². The molecule has 1 aromatic heterocycles. The predicted octanol–water partition coefficient (Wildman–Crippen LogP) is 5.69. The van der Waals surface area contributed by atoms with E-state index in [4.69, 9.17) is 9.47 Å². The van der Waals surface area contributed by atoms with Gasteiger partial charge in [0.15, 0.2) is 12.4 Å². The summed E-state index contributed by atoms with van der Waals surface area (Å²) in [6, 6.07) is 27.6. The van der Waals surface area contributed by atoms with Crippen molar-refractivity contribution in [2.45, 2.75) is 38.5 Å². The summed E-state index contributed by atoms with van der Waals surface area (Å²) in [5.74, 6) is -0.628. The Morgan fingerprint density at radius 1 is 1.00 bits per heavy atom. The average Bonchev–Trinajstić information content (AvgIpc) is 3.08. The second-order valence-electron chi connectivity index (χ2n) is 11.0. The van der Waals surface area contributed by atoms with Crippen molar-refractivity contribution in [3.8, 4) is 0 Å². The largest absolute Gasteiger partial charge is 0.454 e. The maximum atomic E-state index is 13.7. The van der Waals surface area contributed by atoms with Gasteiger partial charge >= 0.3 is 12.1 Å². The quantitative estimate of drug-likeness (QED) is 0.147. The van der Waals surface area contributed by atoms with Crippen LogP contribution >= 0.6 is 15.9 Å². The Morgan fingerprint density at radius 3 is 2.48 bits per heavy atom. The van der Waals surface area contributed by atoms with Gasteiger partial charge in [-0.1, -0.05) is 79.7 Å². The highest BCUT2D eigenvalue weighted by molar-refractivity contribution is 9.10. The minimum Gasteiger partial charge on any atom is -0.454 e. The molecular weight excluding hydrogens is 648 g/mol. The van der Waals surface area contributed by atoms with Crippen molar-refractivity contribution in [3.63, 3.8) is 0 Å². The van der Waals surface area contributed by atoms with Gasteiger partial charge in [0.25, 0.3) is 5.91 Å². The number of esters is 1. The van der Waals surface area contributed by atoms with Crippen LogP contribution in [0.5, 0.6) is 0 Å². The molecule has 0 aliphatic carbocycles. The molecule has 0 saturated heterocycles. The number of alkyl carbamates (subject to hydrolysis) is 1. The Morgan fingerprint density at radius 2 is 1.72 bits per heavy atom. The van der Waals surface area contributed by atoms with E-state index in [1.54, 1.807) is 11.0 Å². The lowest BCUT2D eigenvalue weighted by atomic mass is 9.94. The Hall–Kier alpha value is -4.54. The predicted molar refractivity (Wildman–Crippen MR) is 178 cm³/mol. The third-order valence-electron chi connectivity index (χ3n) is 7.68. The lowest BCUT2D eigenvalue weighted by molar-refractivity contribution is -0.697. The molecular formula is C36H38BrN4O5+. The molecule has 2 N–H and O–H groups in total. The van der Waals surface area contributed by atoms with Crippen LogP contribution in [0, 0.1) is 0 Å². The summed E-state index contributed by atoms with van der Waals surface area (Å²) in [5.41, 5.74) is 3.96. The molecule has 238 valence electrons. The number of carbonyl (C=O) groups excluding carboxylic acids is 3. The summed E-state index contributed by atoms with van der Waals surface area (Å²) < 4.78 is 14.3. The van der Waals surface area contributed by atoms with Crippen molar-refractivity contribution in [3.05, 3.63) is 130 Å². The molecule has 0 spiro atoms. The number of fused-ring (bicyclic) bond motifs is 1. The highest BCUT2D eigenvalue weighted by atomic mass is 79.9. The van der Waals surface area contributed by atoms with Crippen LogP contribution < -0.4 is 20.1 Å². The van der Waals surface area contributed by atoms with E-state index >= 15 is 0 Å². The van der Waals surface area contributed by atoms with E-state index in [1.807, 2.05) is 102 Å². The third kappa shape index (κ3) is 8.58. The molecule has 2 amide bonds. The number of anilines is 1. The van der Waals surface area contributed by atoms with Crippen molar-refractivity contribution in [1.29, 1.82) is 0 Å². The van der Waals surface area contributed by atoms with Crippen molar-refractivity contribution in [1.82, 2.24) is 10.6 Å². The van der Waals surface area contributed by atoms with Gasteiger partial charge in [0.1, 0.15) is 30.9 Å². The molecule has 1 aliphatic heterocycles. The van der Waals surface area contributed by atoms with Gasteiger partial charge in [-0.15, -0.1) is 0 Å². The zero-order valence-corrected chi connectivity index (χ0v) is 27.3. The van der Waals surface area contributed by atoms with Gasteiger partial charge in [0.05, 0.1) is 17.6 Å². The molecule has 0 saturated carbocycles. The van der Waals surface area contributed by atoms with Crippen molar-refractivity contribution >= 4 is 39.6 Å². The van der Waals surface area contributed by atoms with Gasteiger partial charge in [-0.05, 0) is 57.2 Å². The Kier molecular flexibility index (Phi) is 11.5. The molecule has 2 unspecified atom stereocenters. The molecule has 5 rings (SSSR count). The zero-order valence-electron chi connectivity index (χ0n) is 25.7. The second-order valence-corrected chi connectivity index (χ2v) is 11.9. The summed E-state index contributed by atoms with van der Waals surface area (Å²) in [6.07, 6.45) is 4.12. The Bertz CT molecular complexity index is 1640. The molecule has 0 bridgehead atoms. The average molecular weight is 687 g/mol. The van der Waals surface area contributed by atoms with E-state index in [2.05, 4.69) is 33.5 Å². The number of hydrogen-bond acceptors (Lipinski definition) is 6. The van der Waals surface area contributed by atoms with Crippen LogP contribution in [0.1, 0.15) is 52.5 Å². The van der Waals surface area contributed by atoms with Gasteiger partial charge < -0.3 is 25.0 Å². The van der Waals surface area contributed by atoms with Crippen LogP contribution in [0.4, 0.5) is 10.5 Å². The highest BCUT2D eigenvalue weighted by Gasteiger charge is 2.30. The van der Waals surface area contributed by atoms with Crippen LogP contribution in [0.15, 0.2) is 108 Å². The SMILES string of the molecule is CCC[n+]1cc(Br)cc(C(=O)N(CCOC(=O)NCC(OC(=O)C2NCCc3ccccc32)c2ccccc2)c2ccccc2)c1. The normalized spacial score (nSPS) is 14.4. The molecule has 0 fully saturated rings. The van der Waals surface area contributed by atoms with Crippen LogP contribution in [-0.2, 0) is 27.2 Å². The molecule has 9 nitrogen and oxygen atoms in total. The van der Waals surface area contributed by atoms with Crippen LogP contribution in [0.2, 0.25) is 0 Å². The number of pyridine rings is 1. The first-order valence-corrected chi connectivity index (χ1v) is 16.3. The molecule has 2 atom stereocenters. The summed E-state index contributed by atoms with van der Waals surface area (Å²) >= 11 is 3.51. The lowest BCUT2D eigenvalue weighted by Gasteiger charge is -2.27. The van der Waals surface area contributed by atoms with Gasteiger partial charge in [0, 0.05) is 18.7 Å². The third-order valence-corrected chi connectivity index (χ3v) is 8.12. The molecule has 10 heteroatoms. The summed E-state index contributed by atoms with van der Waals surface area (Å²) in [5, 5.41) is 6.00. The number of ether oxygens (including phenoxy) is 2. The number of amides is 2. The van der Waals surface area contributed by atoms with Gasteiger partial charge in [-0.25, -0.2) is 14.2 Å². The second kappa shape index (κ2) is 16.1. The van der Waals surface area contributed by atoms with Crippen LogP contribution in [-0.4, -0.2) is 44.2 Å². The van der Waals surface area contributed by atoms with Crippen molar-refractivity contribution in [2.24, 2.45) is 0 Å². The smallest absolute Gasteiger partial charge is 0.407 e. The van der Waals surface area contributed by atoms with Gasteiger partial charge in [0.2, 0.25) is 0 Å². The first kappa shape index (κ1) is 32.8. The van der Waals surface area contributed by atoms with Crippen molar-refractivity contribution < 1.29 is 28.4 Å². The molecule has 1 aliphatic rings. The molecule has 2 heterocycles. The number of rotatable bonds is 12. The summed E-state index contributed by atoms with van der Waals surface area (Å²) in [7, 11) is 0. The summed E-state index contributed by atoms with van der Waals surface area (Å²) in [4.78, 5) is 41.5. The Balaban J connectivity index is 1.22. The number of para-hydroxylation sites is 1. The Labute approximate surface area is 277 Å². The molecule has 4 aromatic rings. The monoisotopic (exact) mass is 685 g/mol. The number of aromatic nitrogens is 1.